The fraction of sp³-hybridized carbons (Fsp3) is 0.533. The molecule has 0 spiro atoms. The van der Waals surface area contributed by atoms with Gasteiger partial charge in [-0.25, -0.2) is 4.79 Å². The molecule has 7 heteroatoms. The SMILES string of the molecule is C.O=C1OCc2cccc(c2)S(=O)(=O)OCC2CCCCN12. The van der Waals surface area contributed by atoms with E-state index in [1.807, 2.05) is 0 Å². The van der Waals surface area contributed by atoms with Crippen LogP contribution in [0.1, 0.15) is 32.3 Å². The van der Waals surface area contributed by atoms with Crippen LogP contribution in [0.15, 0.2) is 29.2 Å². The van der Waals surface area contributed by atoms with E-state index in [0.29, 0.717) is 12.1 Å². The van der Waals surface area contributed by atoms with E-state index in [0.717, 1.165) is 19.3 Å². The number of rotatable bonds is 0. The quantitative estimate of drug-likeness (QED) is 0.685. The molecule has 1 unspecified atom stereocenters. The molecule has 1 atom stereocenters. The van der Waals surface area contributed by atoms with Crippen LogP contribution in [0.2, 0.25) is 0 Å². The lowest BCUT2D eigenvalue weighted by molar-refractivity contribution is 0.0551. The fourth-order valence-corrected chi connectivity index (χ4v) is 3.68. The number of carbonyl (C=O) groups excluding carboxylic acids is 1. The van der Waals surface area contributed by atoms with E-state index < -0.39 is 16.2 Å². The number of carbonyl (C=O) groups is 1. The second kappa shape index (κ2) is 6.66. The van der Waals surface area contributed by atoms with Crippen molar-refractivity contribution in [3.8, 4) is 0 Å². The minimum Gasteiger partial charge on any atom is -0.445 e. The molecule has 1 saturated heterocycles. The highest BCUT2D eigenvalue weighted by atomic mass is 32.2. The first-order chi connectivity index (χ1) is 10.1. The van der Waals surface area contributed by atoms with E-state index in [4.69, 9.17) is 8.92 Å². The highest BCUT2D eigenvalue weighted by molar-refractivity contribution is 7.86. The van der Waals surface area contributed by atoms with Crippen LogP contribution in [-0.2, 0) is 25.6 Å². The average Bonchev–Trinajstić information content (AvgIpc) is 2.51. The minimum atomic E-state index is -3.80. The van der Waals surface area contributed by atoms with Crippen molar-refractivity contribution in [2.75, 3.05) is 13.2 Å². The standard InChI is InChI=1S/C14H17NO5S.CH4/c16-14-15-7-2-1-5-12(15)10-20-21(17,18)13-6-3-4-11(8-13)9-19-14;/h3-4,6,8,12H,1-2,5,7,9-10H2;1H4. The van der Waals surface area contributed by atoms with Crippen LogP contribution in [0.5, 0.6) is 0 Å². The molecule has 0 aromatic heterocycles. The lowest BCUT2D eigenvalue weighted by Gasteiger charge is -2.34. The second-order valence-electron chi connectivity index (χ2n) is 5.28. The summed E-state index contributed by atoms with van der Waals surface area (Å²) in [6.07, 6.45) is 2.16. The summed E-state index contributed by atoms with van der Waals surface area (Å²) >= 11 is 0. The molecule has 6 nitrogen and oxygen atoms in total. The molecule has 2 aliphatic rings. The van der Waals surface area contributed by atoms with E-state index in [1.165, 1.54) is 12.1 Å². The van der Waals surface area contributed by atoms with Gasteiger partial charge < -0.3 is 9.64 Å². The Morgan fingerprint density at radius 1 is 1.23 bits per heavy atom. The molecule has 0 radical (unpaired) electrons. The van der Waals surface area contributed by atoms with Gasteiger partial charge >= 0.3 is 6.09 Å². The van der Waals surface area contributed by atoms with Gasteiger partial charge in [0.05, 0.1) is 17.5 Å². The van der Waals surface area contributed by atoms with Crippen LogP contribution < -0.4 is 0 Å². The normalized spacial score (nSPS) is 24.3. The summed E-state index contributed by atoms with van der Waals surface area (Å²) in [5.74, 6) is 0. The number of fused-ring (bicyclic) bond motifs is 3. The summed E-state index contributed by atoms with van der Waals surface area (Å²) in [6.45, 7) is 0.609. The molecule has 1 aromatic rings. The Balaban J connectivity index is 0.00000176. The lowest BCUT2D eigenvalue weighted by atomic mass is 10.0. The first-order valence-corrected chi connectivity index (χ1v) is 8.39. The maximum absolute atomic E-state index is 12.2. The summed E-state index contributed by atoms with van der Waals surface area (Å²) in [5, 5.41) is 0. The molecule has 1 fully saturated rings. The highest BCUT2D eigenvalue weighted by Crippen LogP contribution is 2.23. The number of ether oxygens (including phenoxy) is 1. The van der Waals surface area contributed by atoms with Crippen LogP contribution in [0.25, 0.3) is 0 Å². The van der Waals surface area contributed by atoms with Gasteiger partial charge in [0, 0.05) is 6.54 Å². The molecule has 2 heterocycles. The van der Waals surface area contributed by atoms with Crippen LogP contribution >= 0.6 is 0 Å². The largest absolute Gasteiger partial charge is 0.445 e. The zero-order valence-corrected chi connectivity index (χ0v) is 12.3. The van der Waals surface area contributed by atoms with E-state index in [2.05, 4.69) is 0 Å². The number of cyclic esters (lactones) is 1. The van der Waals surface area contributed by atoms with E-state index in [9.17, 15) is 13.2 Å². The molecule has 22 heavy (non-hydrogen) atoms. The Hall–Kier alpha value is -1.60. The Kier molecular flexibility index (Phi) is 5.08. The molecular formula is C15H21NO5S. The zero-order chi connectivity index (χ0) is 14.9. The molecular weight excluding hydrogens is 306 g/mol. The summed E-state index contributed by atoms with van der Waals surface area (Å²) in [5.41, 5.74) is 0.628. The number of nitrogens with zero attached hydrogens (tertiary/aromatic N) is 1. The Morgan fingerprint density at radius 3 is 2.86 bits per heavy atom. The summed E-state index contributed by atoms with van der Waals surface area (Å²) in [7, 11) is -3.80. The number of hydrogen-bond acceptors (Lipinski definition) is 5. The molecule has 0 aliphatic carbocycles. The maximum atomic E-state index is 12.2. The van der Waals surface area contributed by atoms with Crippen molar-refractivity contribution in [2.24, 2.45) is 0 Å². The molecule has 122 valence electrons. The summed E-state index contributed by atoms with van der Waals surface area (Å²) in [6, 6.07) is 6.05. The van der Waals surface area contributed by atoms with Gasteiger partial charge in [-0.2, -0.15) is 8.42 Å². The first-order valence-electron chi connectivity index (χ1n) is 6.98. The number of piperidine rings is 1. The van der Waals surface area contributed by atoms with E-state index >= 15 is 0 Å². The van der Waals surface area contributed by atoms with Gasteiger partial charge in [-0.3, -0.25) is 4.18 Å². The third-order valence-electron chi connectivity index (χ3n) is 3.83. The zero-order valence-electron chi connectivity index (χ0n) is 11.5. The van der Waals surface area contributed by atoms with Crippen LogP contribution in [0.3, 0.4) is 0 Å². The van der Waals surface area contributed by atoms with Crippen molar-refractivity contribution in [1.82, 2.24) is 4.90 Å². The maximum Gasteiger partial charge on any atom is 0.410 e. The van der Waals surface area contributed by atoms with Gasteiger partial charge in [0.15, 0.2) is 0 Å². The van der Waals surface area contributed by atoms with Gasteiger partial charge in [0.1, 0.15) is 6.61 Å². The molecule has 3 rings (SSSR count). The van der Waals surface area contributed by atoms with Gasteiger partial charge in [-0.15, -0.1) is 0 Å². The summed E-state index contributed by atoms with van der Waals surface area (Å²) in [4.78, 5) is 13.8. The Labute approximate surface area is 131 Å². The number of amides is 1. The molecule has 2 bridgehead atoms. The predicted octanol–water partition coefficient (Wildman–Crippen LogP) is 2.53. The first kappa shape index (κ1) is 16.8. The third kappa shape index (κ3) is 3.41. The van der Waals surface area contributed by atoms with Crippen molar-refractivity contribution >= 4 is 16.2 Å². The molecule has 0 N–H and O–H groups in total. The third-order valence-corrected chi connectivity index (χ3v) is 5.10. The van der Waals surface area contributed by atoms with E-state index in [-0.39, 0.29) is 31.6 Å². The van der Waals surface area contributed by atoms with Crippen molar-refractivity contribution in [1.29, 1.82) is 0 Å². The van der Waals surface area contributed by atoms with Crippen LogP contribution in [-0.4, -0.2) is 38.6 Å². The van der Waals surface area contributed by atoms with Gasteiger partial charge in [0.2, 0.25) is 0 Å². The van der Waals surface area contributed by atoms with Crippen molar-refractivity contribution in [3.05, 3.63) is 29.8 Å². The smallest absolute Gasteiger partial charge is 0.410 e. The minimum absolute atomic E-state index is 0. The Morgan fingerprint density at radius 2 is 2.05 bits per heavy atom. The lowest BCUT2D eigenvalue weighted by Crippen LogP contribution is -2.46. The predicted molar refractivity (Wildman–Crippen MR) is 80.8 cm³/mol. The van der Waals surface area contributed by atoms with Gasteiger partial charge in [-0.05, 0) is 37.0 Å². The van der Waals surface area contributed by atoms with Crippen LogP contribution in [0.4, 0.5) is 4.79 Å². The van der Waals surface area contributed by atoms with E-state index in [1.54, 1.807) is 17.0 Å². The van der Waals surface area contributed by atoms with Gasteiger partial charge in [-0.1, -0.05) is 19.6 Å². The number of hydrogen-bond donors (Lipinski definition) is 0. The van der Waals surface area contributed by atoms with Crippen molar-refractivity contribution < 1.29 is 22.1 Å². The molecule has 2 aliphatic heterocycles. The highest BCUT2D eigenvalue weighted by Gasteiger charge is 2.30. The van der Waals surface area contributed by atoms with Gasteiger partial charge in [0.25, 0.3) is 10.1 Å². The molecule has 1 aromatic carbocycles. The average molecular weight is 327 g/mol. The number of benzene rings is 1. The van der Waals surface area contributed by atoms with Crippen molar-refractivity contribution in [3.63, 3.8) is 0 Å². The Bertz CT molecular complexity index is 643. The fourth-order valence-electron chi connectivity index (χ4n) is 2.67. The second-order valence-corrected chi connectivity index (χ2v) is 6.90. The monoisotopic (exact) mass is 327 g/mol. The van der Waals surface area contributed by atoms with Crippen molar-refractivity contribution in [2.45, 2.75) is 44.2 Å². The topological polar surface area (TPSA) is 72.9 Å². The molecule has 0 saturated carbocycles. The molecule has 1 amide bonds. The summed E-state index contributed by atoms with van der Waals surface area (Å²) < 4.78 is 34.8. The van der Waals surface area contributed by atoms with Crippen LogP contribution in [0, 0.1) is 0 Å².